The zero-order chi connectivity index (χ0) is 14.3. The van der Waals surface area contributed by atoms with Crippen LogP contribution in [-0.4, -0.2) is 15.5 Å². The van der Waals surface area contributed by atoms with Crippen LogP contribution in [0.15, 0.2) is 18.2 Å². The molecule has 0 amide bonds. The van der Waals surface area contributed by atoms with Gasteiger partial charge in [0.05, 0.1) is 23.1 Å². The minimum atomic E-state index is -4.33. The molecule has 0 spiro atoms. The van der Waals surface area contributed by atoms with Gasteiger partial charge in [0, 0.05) is 5.54 Å². The van der Waals surface area contributed by atoms with Crippen LogP contribution in [-0.2, 0) is 12.7 Å². The van der Waals surface area contributed by atoms with Gasteiger partial charge in [-0.1, -0.05) is 0 Å². The van der Waals surface area contributed by atoms with Gasteiger partial charge in [-0.25, -0.2) is 4.98 Å². The normalized spacial score (nSPS) is 13.2. The molecule has 1 heterocycles. The molecule has 1 aromatic carbocycles. The van der Waals surface area contributed by atoms with E-state index in [2.05, 4.69) is 15.3 Å². The predicted molar refractivity (Wildman–Crippen MR) is 67.7 cm³/mol. The lowest BCUT2D eigenvalue weighted by molar-refractivity contribution is -0.137. The average molecular weight is 271 g/mol. The maximum Gasteiger partial charge on any atom is 0.416 e. The molecule has 0 atom stereocenters. The fourth-order valence-electron chi connectivity index (χ4n) is 1.67. The van der Waals surface area contributed by atoms with Gasteiger partial charge >= 0.3 is 6.18 Å². The van der Waals surface area contributed by atoms with Crippen molar-refractivity contribution in [3.63, 3.8) is 0 Å². The number of benzene rings is 1. The third-order valence-electron chi connectivity index (χ3n) is 2.64. The van der Waals surface area contributed by atoms with Gasteiger partial charge in [-0.05, 0) is 39.0 Å². The van der Waals surface area contributed by atoms with E-state index in [0.717, 1.165) is 12.1 Å². The van der Waals surface area contributed by atoms with Crippen LogP contribution in [0.3, 0.4) is 0 Å². The quantitative estimate of drug-likeness (QED) is 0.878. The van der Waals surface area contributed by atoms with Crippen molar-refractivity contribution in [3.8, 4) is 0 Å². The van der Waals surface area contributed by atoms with E-state index in [9.17, 15) is 13.2 Å². The number of aromatic amines is 1. The Morgan fingerprint density at radius 3 is 2.47 bits per heavy atom. The SMILES string of the molecule is CC(C)(C)NCc1nc2ccc(C(F)(F)F)cc2[nH]1. The number of halogens is 3. The number of rotatable bonds is 2. The number of nitrogens with one attached hydrogen (secondary N) is 2. The number of nitrogens with zero attached hydrogens (tertiary/aromatic N) is 1. The summed E-state index contributed by atoms with van der Waals surface area (Å²) in [6.45, 7) is 6.52. The highest BCUT2D eigenvalue weighted by molar-refractivity contribution is 5.76. The lowest BCUT2D eigenvalue weighted by atomic mass is 10.1. The number of hydrogen-bond donors (Lipinski definition) is 2. The Balaban J connectivity index is 2.26. The van der Waals surface area contributed by atoms with Crippen molar-refractivity contribution in [2.45, 2.75) is 39.0 Å². The summed E-state index contributed by atoms with van der Waals surface area (Å²) in [5.74, 6) is 0.629. The molecule has 0 radical (unpaired) electrons. The zero-order valence-electron chi connectivity index (χ0n) is 11.0. The van der Waals surface area contributed by atoms with Gasteiger partial charge in [0.15, 0.2) is 0 Å². The van der Waals surface area contributed by atoms with Crippen LogP contribution in [0.1, 0.15) is 32.2 Å². The van der Waals surface area contributed by atoms with Crippen LogP contribution in [0.25, 0.3) is 11.0 Å². The number of H-pyrrole nitrogens is 1. The predicted octanol–water partition coefficient (Wildman–Crippen LogP) is 3.47. The molecule has 0 aliphatic carbocycles. The lowest BCUT2D eigenvalue weighted by Crippen LogP contribution is -2.35. The number of aromatic nitrogens is 2. The van der Waals surface area contributed by atoms with Crippen LogP contribution in [0.5, 0.6) is 0 Å². The molecular formula is C13H16F3N3. The van der Waals surface area contributed by atoms with E-state index in [1.54, 1.807) is 0 Å². The molecule has 104 valence electrons. The molecule has 6 heteroatoms. The van der Waals surface area contributed by atoms with Gasteiger partial charge in [-0.2, -0.15) is 13.2 Å². The summed E-state index contributed by atoms with van der Waals surface area (Å²) >= 11 is 0. The van der Waals surface area contributed by atoms with Crippen LogP contribution >= 0.6 is 0 Å². The van der Waals surface area contributed by atoms with Crippen molar-refractivity contribution in [3.05, 3.63) is 29.6 Å². The molecule has 0 unspecified atom stereocenters. The molecule has 2 rings (SSSR count). The van der Waals surface area contributed by atoms with Gasteiger partial charge in [0.25, 0.3) is 0 Å². The first-order chi connectivity index (χ1) is 8.65. The summed E-state index contributed by atoms with van der Waals surface area (Å²) in [4.78, 5) is 7.16. The summed E-state index contributed by atoms with van der Waals surface area (Å²) in [7, 11) is 0. The standard InChI is InChI=1S/C13H16F3N3/c1-12(2,3)17-7-11-18-9-5-4-8(13(14,15)16)6-10(9)19-11/h4-6,17H,7H2,1-3H3,(H,18,19). The van der Waals surface area contributed by atoms with Crippen molar-refractivity contribution < 1.29 is 13.2 Å². The van der Waals surface area contributed by atoms with Crippen molar-refractivity contribution >= 4 is 11.0 Å². The van der Waals surface area contributed by atoms with E-state index in [4.69, 9.17) is 0 Å². The van der Waals surface area contributed by atoms with Crippen molar-refractivity contribution in [2.24, 2.45) is 0 Å². The third kappa shape index (κ3) is 3.47. The Kier molecular flexibility index (Phi) is 3.30. The highest BCUT2D eigenvalue weighted by Gasteiger charge is 2.30. The first kappa shape index (κ1) is 13.9. The Labute approximate surface area is 109 Å². The van der Waals surface area contributed by atoms with E-state index in [1.165, 1.54) is 6.07 Å². The number of alkyl halides is 3. The second-order valence-corrected chi connectivity index (χ2v) is 5.52. The fourth-order valence-corrected chi connectivity index (χ4v) is 1.67. The summed E-state index contributed by atoms with van der Waals surface area (Å²) in [6, 6.07) is 3.52. The molecule has 0 fully saturated rings. The monoisotopic (exact) mass is 271 g/mol. The molecule has 2 N–H and O–H groups in total. The first-order valence-electron chi connectivity index (χ1n) is 5.96. The van der Waals surface area contributed by atoms with Crippen molar-refractivity contribution in [1.82, 2.24) is 15.3 Å². The summed E-state index contributed by atoms with van der Waals surface area (Å²) in [6.07, 6.45) is -4.33. The minimum Gasteiger partial charge on any atom is -0.341 e. The smallest absolute Gasteiger partial charge is 0.341 e. The molecule has 0 saturated carbocycles. The average Bonchev–Trinajstić information content (AvgIpc) is 2.65. The van der Waals surface area contributed by atoms with Crippen LogP contribution in [0.2, 0.25) is 0 Å². The first-order valence-corrected chi connectivity index (χ1v) is 5.96. The molecule has 2 aromatic rings. The van der Waals surface area contributed by atoms with E-state index in [1.807, 2.05) is 20.8 Å². The summed E-state index contributed by atoms with van der Waals surface area (Å²) < 4.78 is 37.7. The Hall–Kier alpha value is -1.56. The third-order valence-corrected chi connectivity index (χ3v) is 2.64. The molecule has 0 aliphatic heterocycles. The number of fused-ring (bicyclic) bond motifs is 1. The molecule has 0 saturated heterocycles. The molecule has 0 aliphatic rings. The van der Waals surface area contributed by atoms with Gasteiger partial charge in [-0.15, -0.1) is 0 Å². The lowest BCUT2D eigenvalue weighted by Gasteiger charge is -2.19. The maximum atomic E-state index is 12.6. The summed E-state index contributed by atoms with van der Waals surface area (Å²) in [5, 5.41) is 3.23. The second-order valence-electron chi connectivity index (χ2n) is 5.52. The van der Waals surface area contributed by atoms with Gasteiger partial charge in [-0.3, -0.25) is 0 Å². The van der Waals surface area contributed by atoms with Gasteiger partial charge in [0.1, 0.15) is 5.82 Å². The molecule has 3 nitrogen and oxygen atoms in total. The van der Waals surface area contributed by atoms with Crippen LogP contribution < -0.4 is 5.32 Å². The topological polar surface area (TPSA) is 40.7 Å². The molecule has 1 aromatic heterocycles. The highest BCUT2D eigenvalue weighted by atomic mass is 19.4. The Morgan fingerprint density at radius 1 is 1.21 bits per heavy atom. The van der Waals surface area contributed by atoms with Crippen molar-refractivity contribution in [2.75, 3.05) is 0 Å². The largest absolute Gasteiger partial charge is 0.416 e. The Morgan fingerprint density at radius 2 is 1.89 bits per heavy atom. The van der Waals surface area contributed by atoms with Crippen molar-refractivity contribution in [1.29, 1.82) is 0 Å². The van der Waals surface area contributed by atoms with Crippen LogP contribution in [0.4, 0.5) is 13.2 Å². The second kappa shape index (κ2) is 4.52. The minimum absolute atomic E-state index is 0.0733. The Bertz CT molecular complexity index is 579. The van der Waals surface area contributed by atoms with E-state index >= 15 is 0 Å². The summed E-state index contributed by atoms with van der Waals surface area (Å²) in [5.41, 5.74) is 0.203. The van der Waals surface area contributed by atoms with Crippen LogP contribution in [0, 0.1) is 0 Å². The van der Waals surface area contributed by atoms with Gasteiger partial charge in [0.2, 0.25) is 0 Å². The number of hydrogen-bond acceptors (Lipinski definition) is 2. The van der Waals surface area contributed by atoms with E-state index < -0.39 is 11.7 Å². The number of imidazole rings is 1. The molecular weight excluding hydrogens is 255 g/mol. The highest BCUT2D eigenvalue weighted by Crippen LogP contribution is 2.30. The van der Waals surface area contributed by atoms with E-state index in [-0.39, 0.29) is 5.54 Å². The zero-order valence-corrected chi connectivity index (χ0v) is 11.0. The fraction of sp³-hybridized carbons (Fsp3) is 0.462. The maximum absolute atomic E-state index is 12.6. The van der Waals surface area contributed by atoms with Gasteiger partial charge < -0.3 is 10.3 Å². The molecule has 19 heavy (non-hydrogen) atoms. The molecule has 0 bridgehead atoms. The van der Waals surface area contributed by atoms with E-state index in [0.29, 0.717) is 23.4 Å².